The first-order valence-electron chi connectivity index (χ1n) is 7.03. The van der Waals surface area contributed by atoms with E-state index in [1.165, 1.54) is 18.2 Å². The number of hydrogen-bond donors (Lipinski definition) is 1. The molecule has 124 valence electrons. The molecule has 1 unspecified atom stereocenters. The molecule has 4 nitrogen and oxygen atoms in total. The minimum Gasteiger partial charge on any atom is -0.480 e. The molecular weight excluding hydrogens is 358 g/mol. The summed E-state index contributed by atoms with van der Waals surface area (Å²) in [5.41, 5.74) is 1.61. The van der Waals surface area contributed by atoms with Gasteiger partial charge in [-0.3, -0.25) is 4.79 Å². The first kappa shape index (κ1) is 16.7. The number of hydrogen-bond acceptors (Lipinski definition) is 3. The van der Waals surface area contributed by atoms with Gasteiger partial charge in [0.2, 0.25) is 0 Å². The van der Waals surface area contributed by atoms with E-state index < -0.39 is 18.5 Å². The van der Waals surface area contributed by atoms with Gasteiger partial charge in [0, 0.05) is 5.56 Å². The molecule has 0 bridgehead atoms. The van der Waals surface area contributed by atoms with E-state index in [0.717, 1.165) is 0 Å². The summed E-state index contributed by atoms with van der Waals surface area (Å²) >= 11 is 12.3. The highest BCUT2D eigenvalue weighted by molar-refractivity contribution is 6.45. The van der Waals surface area contributed by atoms with E-state index in [-0.39, 0.29) is 27.4 Å². The van der Waals surface area contributed by atoms with Crippen molar-refractivity contribution in [3.05, 3.63) is 62.9 Å². The van der Waals surface area contributed by atoms with Crippen molar-refractivity contribution in [1.29, 1.82) is 0 Å². The van der Waals surface area contributed by atoms with Crippen molar-refractivity contribution < 1.29 is 23.8 Å². The normalized spacial score (nSPS) is 16.1. The summed E-state index contributed by atoms with van der Waals surface area (Å²) in [6, 6.07) is 7.24. The molecule has 3 rings (SSSR count). The number of rotatable bonds is 4. The SMILES string of the molecule is O=C(O)COc1cc2c(c(Cl)c1Cl)C(=O)C(c1ccc(F)cc1)C2. The Morgan fingerprint density at radius 2 is 1.92 bits per heavy atom. The van der Waals surface area contributed by atoms with Gasteiger partial charge in [0.25, 0.3) is 0 Å². The fraction of sp³-hybridized carbons (Fsp3) is 0.176. The zero-order valence-corrected chi connectivity index (χ0v) is 13.7. The lowest BCUT2D eigenvalue weighted by Crippen LogP contribution is -2.10. The van der Waals surface area contributed by atoms with Crippen molar-refractivity contribution >= 4 is 35.0 Å². The Bertz CT molecular complexity index is 833. The number of halogens is 3. The zero-order chi connectivity index (χ0) is 17.4. The highest BCUT2D eigenvalue weighted by Gasteiger charge is 2.35. The van der Waals surface area contributed by atoms with Crippen LogP contribution in [0.25, 0.3) is 0 Å². The Morgan fingerprint density at radius 1 is 1.25 bits per heavy atom. The van der Waals surface area contributed by atoms with Gasteiger partial charge in [0.1, 0.15) is 16.6 Å². The summed E-state index contributed by atoms with van der Waals surface area (Å²) < 4.78 is 18.2. The predicted octanol–water partition coefficient (Wildman–Crippen LogP) is 4.12. The van der Waals surface area contributed by atoms with E-state index in [1.807, 2.05) is 0 Å². The molecule has 1 N–H and O–H groups in total. The van der Waals surface area contributed by atoms with Crippen LogP contribution in [-0.4, -0.2) is 23.5 Å². The van der Waals surface area contributed by atoms with Crippen LogP contribution >= 0.6 is 23.2 Å². The Balaban J connectivity index is 1.97. The van der Waals surface area contributed by atoms with E-state index in [9.17, 15) is 14.0 Å². The number of fused-ring (bicyclic) bond motifs is 1. The van der Waals surface area contributed by atoms with Gasteiger partial charge < -0.3 is 9.84 Å². The van der Waals surface area contributed by atoms with Crippen molar-refractivity contribution in [2.75, 3.05) is 6.61 Å². The van der Waals surface area contributed by atoms with Crippen LogP contribution in [0, 0.1) is 5.82 Å². The smallest absolute Gasteiger partial charge is 0.341 e. The molecule has 0 heterocycles. The first-order chi connectivity index (χ1) is 11.4. The molecule has 0 spiro atoms. The number of ketones is 1. The lowest BCUT2D eigenvalue weighted by atomic mass is 9.95. The Kier molecular flexibility index (Phi) is 4.47. The lowest BCUT2D eigenvalue weighted by molar-refractivity contribution is -0.139. The predicted molar refractivity (Wildman–Crippen MR) is 86.8 cm³/mol. The van der Waals surface area contributed by atoms with Crippen LogP contribution in [-0.2, 0) is 11.2 Å². The van der Waals surface area contributed by atoms with Crippen LogP contribution in [0.15, 0.2) is 30.3 Å². The number of ether oxygens (including phenoxy) is 1. The first-order valence-corrected chi connectivity index (χ1v) is 7.79. The molecule has 0 aromatic heterocycles. The van der Waals surface area contributed by atoms with Gasteiger partial charge in [0.15, 0.2) is 12.4 Å². The van der Waals surface area contributed by atoms with Gasteiger partial charge in [-0.25, -0.2) is 9.18 Å². The summed E-state index contributed by atoms with van der Waals surface area (Å²) in [4.78, 5) is 23.3. The van der Waals surface area contributed by atoms with Crippen molar-refractivity contribution in [1.82, 2.24) is 0 Å². The summed E-state index contributed by atoms with van der Waals surface area (Å²) in [5.74, 6) is -2.09. The fourth-order valence-corrected chi connectivity index (χ4v) is 3.29. The van der Waals surface area contributed by atoms with Crippen molar-refractivity contribution in [2.24, 2.45) is 0 Å². The highest BCUT2D eigenvalue weighted by Crippen LogP contribution is 2.44. The largest absolute Gasteiger partial charge is 0.480 e. The average molecular weight is 369 g/mol. The fourth-order valence-electron chi connectivity index (χ4n) is 2.78. The molecule has 0 fully saturated rings. The molecule has 0 saturated carbocycles. The molecule has 7 heteroatoms. The van der Waals surface area contributed by atoms with Crippen LogP contribution in [0.4, 0.5) is 4.39 Å². The van der Waals surface area contributed by atoms with Crippen LogP contribution in [0.1, 0.15) is 27.4 Å². The van der Waals surface area contributed by atoms with E-state index in [4.69, 9.17) is 33.0 Å². The molecule has 2 aromatic rings. The van der Waals surface area contributed by atoms with Crippen LogP contribution in [0.3, 0.4) is 0 Å². The molecule has 0 aliphatic heterocycles. The molecule has 0 amide bonds. The number of benzene rings is 2. The third-order valence-electron chi connectivity index (χ3n) is 3.87. The van der Waals surface area contributed by atoms with Gasteiger partial charge >= 0.3 is 5.97 Å². The van der Waals surface area contributed by atoms with Crippen LogP contribution in [0.5, 0.6) is 5.75 Å². The Hall–Kier alpha value is -2.11. The molecular formula is C17H11Cl2FO4. The maximum Gasteiger partial charge on any atom is 0.341 e. The third kappa shape index (κ3) is 2.97. The second-order valence-electron chi connectivity index (χ2n) is 5.39. The molecule has 24 heavy (non-hydrogen) atoms. The minimum absolute atomic E-state index is 0.00442. The van der Waals surface area contributed by atoms with Crippen molar-refractivity contribution in [3.63, 3.8) is 0 Å². The molecule has 1 aliphatic rings. The highest BCUT2D eigenvalue weighted by atomic mass is 35.5. The maximum atomic E-state index is 13.1. The Labute approximate surface area is 146 Å². The van der Waals surface area contributed by atoms with E-state index in [1.54, 1.807) is 12.1 Å². The number of carboxylic acid groups (broad SMARTS) is 1. The van der Waals surface area contributed by atoms with E-state index >= 15 is 0 Å². The second-order valence-corrected chi connectivity index (χ2v) is 6.15. The quantitative estimate of drug-likeness (QED) is 0.881. The molecule has 0 saturated heterocycles. The van der Waals surface area contributed by atoms with Gasteiger partial charge in [-0.1, -0.05) is 35.3 Å². The molecule has 1 aliphatic carbocycles. The van der Waals surface area contributed by atoms with Gasteiger partial charge in [-0.05, 0) is 35.7 Å². The maximum absolute atomic E-state index is 13.1. The monoisotopic (exact) mass is 368 g/mol. The molecule has 0 radical (unpaired) electrons. The van der Waals surface area contributed by atoms with Gasteiger partial charge in [-0.2, -0.15) is 0 Å². The number of carbonyl (C=O) groups is 2. The summed E-state index contributed by atoms with van der Waals surface area (Å²) in [5, 5.41) is 8.75. The Morgan fingerprint density at radius 3 is 2.54 bits per heavy atom. The molecule has 1 atom stereocenters. The third-order valence-corrected chi connectivity index (χ3v) is 4.72. The van der Waals surface area contributed by atoms with Gasteiger partial charge in [0.05, 0.1) is 10.9 Å². The van der Waals surface area contributed by atoms with Crippen LogP contribution in [0.2, 0.25) is 10.0 Å². The topological polar surface area (TPSA) is 63.6 Å². The minimum atomic E-state index is -1.15. The number of carbonyl (C=O) groups excluding carboxylic acids is 1. The second kappa shape index (κ2) is 6.42. The van der Waals surface area contributed by atoms with E-state index in [0.29, 0.717) is 23.1 Å². The molecule has 2 aromatic carbocycles. The summed E-state index contributed by atoms with van der Waals surface area (Å²) in [7, 11) is 0. The summed E-state index contributed by atoms with van der Waals surface area (Å²) in [6.45, 7) is -0.565. The van der Waals surface area contributed by atoms with E-state index in [2.05, 4.69) is 0 Å². The van der Waals surface area contributed by atoms with Crippen molar-refractivity contribution in [3.8, 4) is 5.75 Å². The zero-order valence-electron chi connectivity index (χ0n) is 12.2. The lowest BCUT2D eigenvalue weighted by Gasteiger charge is -2.10. The number of aliphatic carboxylic acids is 1. The number of carboxylic acids is 1. The number of Topliss-reactive ketones (excluding diaryl/α,β-unsaturated/α-hetero) is 1. The summed E-state index contributed by atoms with van der Waals surface area (Å²) in [6.07, 6.45) is 0.361. The average Bonchev–Trinajstić information content (AvgIpc) is 2.87. The van der Waals surface area contributed by atoms with Gasteiger partial charge in [-0.15, -0.1) is 0 Å². The van der Waals surface area contributed by atoms with Crippen LogP contribution < -0.4 is 4.74 Å². The van der Waals surface area contributed by atoms with Crippen molar-refractivity contribution in [2.45, 2.75) is 12.3 Å². The standard InChI is InChI=1S/C17H11Cl2FO4/c18-15-12(24-7-13(21)22)6-9-5-11(17(23)14(9)16(15)19)8-1-3-10(20)4-2-8/h1-4,6,11H,5,7H2,(H,21,22).